The molecule has 6 aromatic carbocycles. The molecule has 160 valence electrons. The van der Waals surface area contributed by atoms with Gasteiger partial charge in [-0.05, 0) is 72.9 Å². The van der Waals surface area contributed by atoms with Crippen LogP contribution >= 0.6 is 0 Å². The van der Waals surface area contributed by atoms with Crippen LogP contribution in [0.25, 0.3) is 43.1 Å². The average molecular weight is 426 g/mol. The highest BCUT2D eigenvalue weighted by Crippen LogP contribution is 2.30. The van der Waals surface area contributed by atoms with Gasteiger partial charge in [0, 0.05) is 13.1 Å². The second-order valence-corrected chi connectivity index (χ2v) is 8.95. The van der Waals surface area contributed by atoms with Crippen LogP contribution in [0.1, 0.15) is 18.1 Å². The largest absolute Gasteiger partial charge is 0.295 e. The molecule has 0 aliphatic carbocycles. The molecule has 0 saturated heterocycles. The highest BCUT2D eigenvalue weighted by Gasteiger charge is 2.11. The van der Waals surface area contributed by atoms with Crippen LogP contribution in [-0.4, -0.2) is 11.4 Å². The third-order valence-corrected chi connectivity index (χ3v) is 6.91. The lowest BCUT2D eigenvalue weighted by molar-refractivity contribution is 0.272. The van der Waals surface area contributed by atoms with E-state index in [9.17, 15) is 0 Å². The van der Waals surface area contributed by atoms with Crippen molar-refractivity contribution in [2.75, 3.05) is 6.54 Å². The Labute approximate surface area is 194 Å². The summed E-state index contributed by atoms with van der Waals surface area (Å²) in [5.74, 6) is 0. The summed E-state index contributed by atoms with van der Waals surface area (Å²) in [7, 11) is 0. The van der Waals surface area contributed by atoms with Crippen LogP contribution in [0.3, 0.4) is 0 Å². The first kappa shape index (κ1) is 20.0. The summed E-state index contributed by atoms with van der Waals surface area (Å²) in [6.07, 6.45) is 0. The molecule has 0 bridgehead atoms. The van der Waals surface area contributed by atoms with Gasteiger partial charge in [0.15, 0.2) is 0 Å². The summed E-state index contributed by atoms with van der Waals surface area (Å²) in [6.45, 7) is 5.15. The van der Waals surface area contributed by atoms with Crippen molar-refractivity contribution in [2.45, 2.75) is 20.0 Å². The average Bonchev–Trinajstić information content (AvgIpc) is 2.88. The van der Waals surface area contributed by atoms with Crippen LogP contribution in [0, 0.1) is 0 Å². The number of fused-ring (bicyclic) bond motifs is 6. The molecule has 1 heteroatoms. The Morgan fingerprint density at radius 2 is 1.06 bits per heavy atom. The van der Waals surface area contributed by atoms with Gasteiger partial charge < -0.3 is 0 Å². The minimum absolute atomic E-state index is 0.940. The van der Waals surface area contributed by atoms with E-state index in [1.165, 1.54) is 54.2 Å². The van der Waals surface area contributed by atoms with Gasteiger partial charge in [-0.3, -0.25) is 4.90 Å². The molecule has 0 aliphatic heterocycles. The molecule has 33 heavy (non-hydrogen) atoms. The SMILES string of the molecule is CCN(Cc1ccc2ccc3ccccc3c2c1)Cc1cc2ccccc2c2ccccc12. The van der Waals surface area contributed by atoms with Gasteiger partial charge in [0.05, 0.1) is 0 Å². The molecule has 0 radical (unpaired) electrons. The van der Waals surface area contributed by atoms with Crippen molar-refractivity contribution in [1.82, 2.24) is 4.90 Å². The van der Waals surface area contributed by atoms with Crippen LogP contribution in [0.5, 0.6) is 0 Å². The van der Waals surface area contributed by atoms with E-state index >= 15 is 0 Å². The van der Waals surface area contributed by atoms with Crippen LogP contribution in [0.15, 0.2) is 109 Å². The van der Waals surface area contributed by atoms with Crippen molar-refractivity contribution in [1.29, 1.82) is 0 Å². The third kappa shape index (κ3) is 3.65. The summed E-state index contributed by atoms with van der Waals surface area (Å²) in [4.78, 5) is 2.54. The van der Waals surface area contributed by atoms with Gasteiger partial charge in [0.25, 0.3) is 0 Å². The summed E-state index contributed by atoms with van der Waals surface area (Å²) >= 11 is 0. The molecule has 1 nitrogen and oxygen atoms in total. The number of hydrogen-bond acceptors (Lipinski definition) is 1. The van der Waals surface area contributed by atoms with Gasteiger partial charge in [0.1, 0.15) is 0 Å². The molecule has 0 unspecified atom stereocenters. The lowest BCUT2D eigenvalue weighted by Gasteiger charge is -2.22. The number of hydrogen-bond donors (Lipinski definition) is 0. The van der Waals surface area contributed by atoms with E-state index in [4.69, 9.17) is 0 Å². The van der Waals surface area contributed by atoms with E-state index in [0.717, 1.165) is 19.6 Å². The first-order chi connectivity index (χ1) is 16.3. The number of benzene rings is 6. The topological polar surface area (TPSA) is 3.24 Å². The van der Waals surface area contributed by atoms with Crippen LogP contribution in [0.4, 0.5) is 0 Å². The second kappa shape index (κ2) is 8.35. The highest BCUT2D eigenvalue weighted by molar-refractivity contribution is 6.09. The monoisotopic (exact) mass is 425 g/mol. The Balaban J connectivity index is 1.38. The zero-order valence-corrected chi connectivity index (χ0v) is 19.0. The zero-order valence-electron chi connectivity index (χ0n) is 19.0. The second-order valence-electron chi connectivity index (χ2n) is 8.95. The molecule has 0 N–H and O–H groups in total. The van der Waals surface area contributed by atoms with Gasteiger partial charge in [-0.1, -0.05) is 104 Å². The standard InChI is InChI=1S/C32H27N/c1-2-33(21-23-15-16-25-18-17-24-9-3-5-11-28(24)32(25)19-23)22-27-20-26-10-4-6-12-29(26)31-14-8-7-13-30(27)31/h3-20H,2,21-22H2,1H3. The molecule has 0 heterocycles. The van der Waals surface area contributed by atoms with Crippen molar-refractivity contribution in [2.24, 2.45) is 0 Å². The maximum Gasteiger partial charge on any atom is 0.0243 e. The normalized spacial score (nSPS) is 11.8. The minimum atomic E-state index is 0.940. The lowest BCUT2D eigenvalue weighted by Crippen LogP contribution is -2.22. The first-order valence-corrected chi connectivity index (χ1v) is 11.8. The van der Waals surface area contributed by atoms with Crippen molar-refractivity contribution >= 4 is 43.1 Å². The number of nitrogens with zero attached hydrogens (tertiary/aromatic N) is 1. The fraction of sp³-hybridized carbons (Fsp3) is 0.125. The molecular weight excluding hydrogens is 398 g/mol. The van der Waals surface area contributed by atoms with Gasteiger partial charge in [-0.2, -0.15) is 0 Å². The molecule has 6 aromatic rings. The molecule has 0 aliphatic rings. The molecule has 6 rings (SSSR count). The van der Waals surface area contributed by atoms with Crippen LogP contribution in [-0.2, 0) is 13.1 Å². The molecule has 0 atom stereocenters. The fourth-order valence-electron chi connectivity index (χ4n) is 5.19. The molecule has 0 fully saturated rings. The van der Waals surface area contributed by atoms with E-state index in [2.05, 4.69) is 121 Å². The van der Waals surface area contributed by atoms with Gasteiger partial charge >= 0.3 is 0 Å². The summed E-state index contributed by atoms with van der Waals surface area (Å²) < 4.78 is 0. The van der Waals surface area contributed by atoms with Gasteiger partial charge in [-0.25, -0.2) is 0 Å². The molecule has 0 spiro atoms. The first-order valence-electron chi connectivity index (χ1n) is 11.8. The molecule has 0 saturated carbocycles. The third-order valence-electron chi connectivity index (χ3n) is 6.91. The predicted molar refractivity (Wildman–Crippen MR) is 143 cm³/mol. The molecule has 0 aromatic heterocycles. The highest BCUT2D eigenvalue weighted by atomic mass is 15.1. The van der Waals surface area contributed by atoms with Crippen LogP contribution < -0.4 is 0 Å². The van der Waals surface area contributed by atoms with E-state index in [1.54, 1.807) is 0 Å². The summed E-state index contributed by atoms with van der Waals surface area (Å²) in [5, 5.41) is 10.6. The Kier molecular flexibility index (Phi) is 5.05. The maximum atomic E-state index is 2.54. The molecule has 0 amide bonds. The Hall–Kier alpha value is -3.68. The van der Waals surface area contributed by atoms with Crippen LogP contribution in [0.2, 0.25) is 0 Å². The van der Waals surface area contributed by atoms with Gasteiger partial charge in [-0.15, -0.1) is 0 Å². The summed E-state index contributed by atoms with van der Waals surface area (Å²) in [5.41, 5.74) is 2.77. The van der Waals surface area contributed by atoms with E-state index in [-0.39, 0.29) is 0 Å². The Morgan fingerprint density at radius 3 is 1.82 bits per heavy atom. The number of rotatable bonds is 5. The van der Waals surface area contributed by atoms with E-state index in [0.29, 0.717) is 0 Å². The smallest absolute Gasteiger partial charge is 0.0243 e. The summed E-state index contributed by atoms with van der Waals surface area (Å²) in [6, 6.07) is 40.1. The van der Waals surface area contributed by atoms with Crippen molar-refractivity contribution in [3.63, 3.8) is 0 Å². The van der Waals surface area contributed by atoms with Crippen molar-refractivity contribution < 1.29 is 0 Å². The van der Waals surface area contributed by atoms with Gasteiger partial charge in [0.2, 0.25) is 0 Å². The van der Waals surface area contributed by atoms with Crippen molar-refractivity contribution in [3.8, 4) is 0 Å². The Morgan fingerprint density at radius 1 is 0.485 bits per heavy atom. The predicted octanol–water partition coefficient (Wildman–Crippen LogP) is 8.32. The Bertz CT molecular complexity index is 1610. The maximum absolute atomic E-state index is 2.54. The minimum Gasteiger partial charge on any atom is -0.295 e. The molecular formula is C32H27N. The fourth-order valence-corrected chi connectivity index (χ4v) is 5.19. The lowest BCUT2D eigenvalue weighted by atomic mass is 9.96. The van der Waals surface area contributed by atoms with Crippen molar-refractivity contribution in [3.05, 3.63) is 120 Å². The van der Waals surface area contributed by atoms with E-state index < -0.39 is 0 Å². The van der Waals surface area contributed by atoms with E-state index in [1.807, 2.05) is 0 Å². The zero-order chi connectivity index (χ0) is 22.2. The quantitative estimate of drug-likeness (QED) is 0.251.